The zero-order valence-corrected chi connectivity index (χ0v) is 14.2. The van der Waals surface area contributed by atoms with E-state index in [9.17, 15) is 9.59 Å². The van der Waals surface area contributed by atoms with Crippen LogP contribution in [0.15, 0.2) is 29.6 Å². The van der Waals surface area contributed by atoms with E-state index in [0.29, 0.717) is 16.6 Å². The molecule has 0 saturated carbocycles. The Labute approximate surface area is 143 Å². The maximum Gasteiger partial charge on any atom is 0.358 e. The van der Waals surface area contributed by atoms with Crippen molar-refractivity contribution in [3.63, 3.8) is 0 Å². The molecule has 7 heteroatoms. The zero-order chi connectivity index (χ0) is 16.7. The van der Waals surface area contributed by atoms with Crippen LogP contribution >= 0.6 is 22.9 Å². The van der Waals surface area contributed by atoms with Crippen LogP contribution < -0.4 is 5.32 Å². The molecule has 23 heavy (non-hydrogen) atoms. The Balaban J connectivity index is 1.90. The Hall–Kier alpha value is -1.92. The molecule has 0 fully saturated rings. The fourth-order valence-electron chi connectivity index (χ4n) is 1.78. The predicted molar refractivity (Wildman–Crippen MR) is 90.8 cm³/mol. The highest BCUT2D eigenvalue weighted by Crippen LogP contribution is 2.26. The SMILES string of the molecule is CCCCNC(=O)COC(=O)c1csc(-c2cccc(Cl)c2)n1. The number of nitrogens with one attached hydrogen (secondary N) is 1. The van der Waals surface area contributed by atoms with Crippen LogP contribution in [0.25, 0.3) is 10.6 Å². The van der Waals surface area contributed by atoms with Crippen LogP contribution in [-0.2, 0) is 9.53 Å². The molecule has 0 spiro atoms. The number of rotatable bonds is 7. The highest BCUT2D eigenvalue weighted by atomic mass is 35.5. The summed E-state index contributed by atoms with van der Waals surface area (Å²) in [5, 5.41) is 5.56. The molecule has 0 bridgehead atoms. The number of unbranched alkanes of at least 4 members (excludes halogenated alkanes) is 1. The molecule has 1 N–H and O–H groups in total. The topological polar surface area (TPSA) is 68.3 Å². The summed E-state index contributed by atoms with van der Waals surface area (Å²) in [6.45, 7) is 2.32. The first-order chi connectivity index (χ1) is 11.1. The van der Waals surface area contributed by atoms with Crippen LogP contribution in [-0.4, -0.2) is 30.0 Å². The number of thiazole rings is 1. The van der Waals surface area contributed by atoms with Gasteiger partial charge in [0.15, 0.2) is 12.3 Å². The summed E-state index contributed by atoms with van der Waals surface area (Å²) in [6, 6.07) is 7.22. The van der Waals surface area contributed by atoms with Crippen molar-refractivity contribution in [1.29, 1.82) is 0 Å². The van der Waals surface area contributed by atoms with Crippen molar-refractivity contribution in [2.24, 2.45) is 0 Å². The number of aromatic nitrogens is 1. The molecule has 2 aromatic rings. The smallest absolute Gasteiger partial charge is 0.358 e. The van der Waals surface area contributed by atoms with Crippen molar-refractivity contribution in [1.82, 2.24) is 10.3 Å². The van der Waals surface area contributed by atoms with Crippen LogP contribution in [0.1, 0.15) is 30.3 Å². The molecular weight excluding hydrogens is 336 g/mol. The second kappa shape index (κ2) is 8.64. The number of hydrogen-bond acceptors (Lipinski definition) is 5. The Morgan fingerprint density at radius 1 is 1.39 bits per heavy atom. The maximum atomic E-state index is 11.9. The zero-order valence-electron chi connectivity index (χ0n) is 12.7. The van der Waals surface area contributed by atoms with E-state index in [1.165, 1.54) is 11.3 Å². The van der Waals surface area contributed by atoms with Gasteiger partial charge in [-0.15, -0.1) is 11.3 Å². The number of esters is 1. The minimum Gasteiger partial charge on any atom is -0.451 e. The lowest BCUT2D eigenvalue weighted by molar-refractivity contribution is -0.124. The fourth-order valence-corrected chi connectivity index (χ4v) is 2.76. The summed E-state index contributed by atoms with van der Waals surface area (Å²) in [5.41, 5.74) is 1.02. The molecule has 122 valence electrons. The second-order valence-electron chi connectivity index (χ2n) is 4.83. The molecule has 0 saturated heterocycles. The lowest BCUT2D eigenvalue weighted by atomic mass is 10.2. The van der Waals surface area contributed by atoms with Crippen molar-refractivity contribution in [3.05, 3.63) is 40.4 Å². The molecule has 1 aromatic carbocycles. The Kier molecular flexibility index (Phi) is 6.55. The first-order valence-electron chi connectivity index (χ1n) is 7.25. The standard InChI is InChI=1S/C16H17ClN2O3S/c1-2-3-7-18-14(20)9-22-16(21)13-10-23-15(19-13)11-5-4-6-12(17)8-11/h4-6,8,10H,2-3,7,9H2,1H3,(H,18,20). The molecular formula is C16H17ClN2O3S. The lowest BCUT2D eigenvalue weighted by Crippen LogP contribution is -2.29. The Morgan fingerprint density at radius 3 is 2.96 bits per heavy atom. The van der Waals surface area contributed by atoms with Gasteiger partial charge in [0.05, 0.1) is 0 Å². The van der Waals surface area contributed by atoms with Crippen molar-refractivity contribution in [2.75, 3.05) is 13.2 Å². The molecule has 0 aliphatic rings. The van der Waals surface area contributed by atoms with E-state index in [1.807, 2.05) is 19.1 Å². The normalized spacial score (nSPS) is 10.3. The van der Waals surface area contributed by atoms with E-state index in [0.717, 1.165) is 18.4 Å². The van der Waals surface area contributed by atoms with E-state index in [1.54, 1.807) is 17.5 Å². The van der Waals surface area contributed by atoms with Gasteiger partial charge in [-0.25, -0.2) is 9.78 Å². The quantitative estimate of drug-likeness (QED) is 0.611. The van der Waals surface area contributed by atoms with Gasteiger partial charge in [-0.3, -0.25) is 4.79 Å². The summed E-state index contributed by atoms with van der Waals surface area (Å²) >= 11 is 7.26. The highest BCUT2D eigenvalue weighted by Gasteiger charge is 2.14. The number of carbonyl (C=O) groups is 2. The molecule has 0 aliphatic heterocycles. The monoisotopic (exact) mass is 352 g/mol. The van der Waals surface area contributed by atoms with E-state index < -0.39 is 5.97 Å². The molecule has 0 unspecified atom stereocenters. The van der Waals surface area contributed by atoms with Gasteiger partial charge in [0, 0.05) is 22.5 Å². The number of benzene rings is 1. The van der Waals surface area contributed by atoms with Crippen molar-refractivity contribution >= 4 is 34.8 Å². The van der Waals surface area contributed by atoms with E-state index >= 15 is 0 Å². The number of ether oxygens (including phenoxy) is 1. The van der Waals surface area contributed by atoms with E-state index in [-0.39, 0.29) is 18.2 Å². The maximum absolute atomic E-state index is 11.9. The first kappa shape index (κ1) is 17.4. The van der Waals surface area contributed by atoms with Crippen molar-refractivity contribution < 1.29 is 14.3 Å². The molecule has 1 amide bonds. The van der Waals surface area contributed by atoms with Gasteiger partial charge in [-0.2, -0.15) is 0 Å². The molecule has 0 atom stereocenters. The fraction of sp³-hybridized carbons (Fsp3) is 0.312. The third-order valence-electron chi connectivity index (χ3n) is 2.97. The minimum absolute atomic E-state index is 0.186. The summed E-state index contributed by atoms with van der Waals surface area (Å²) < 4.78 is 4.96. The van der Waals surface area contributed by atoms with Gasteiger partial charge in [0.2, 0.25) is 0 Å². The Morgan fingerprint density at radius 2 is 2.22 bits per heavy atom. The summed E-state index contributed by atoms with van der Waals surface area (Å²) in [4.78, 5) is 27.6. The first-order valence-corrected chi connectivity index (χ1v) is 8.51. The molecule has 2 rings (SSSR count). The van der Waals surface area contributed by atoms with Gasteiger partial charge in [-0.1, -0.05) is 37.1 Å². The molecule has 1 aromatic heterocycles. The van der Waals surface area contributed by atoms with Crippen molar-refractivity contribution in [3.8, 4) is 10.6 Å². The van der Waals surface area contributed by atoms with E-state index in [4.69, 9.17) is 16.3 Å². The number of amides is 1. The molecule has 0 aliphatic carbocycles. The van der Waals surface area contributed by atoms with Gasteiger partial charge in [0.25, 0.3) is 5.91 Å². The van der Waals surface area contributed by atoms with Gasteiger partial charge >= 0.3 is 5.97 Å². The van der Waals surface area contributed by atoms with Crippen LogP contribution in [0.5, 0.6) is 0 Å². The van der Waals surface area contributed by atoms with E-state index in [2.05, 4.69) is 10.3 Å². The molecule has 1 heterocycles. The van der Waals surface area contributed by atoms with Crippen molar-refractivity contribution in [2.45, 2.75) is 19.8 Å². The largest absolute Gasteiger partial charge is 0.451 e. The third kappa shape index (κ3) is 5.33. The number of nitrogens with zero attached hydrogens (tertiary/aromatic N) is 1. The second-order valence-corrected chi connectivity index (χ2v) is 6.12. The summed E-state index contributed by atoms with van der Waals surface area (Å²) in [5.74, 6) is -0.919. The lowest BCUT2D eigenvalue weighted by Gasteiger charge is -2.04. The van der Waals surface area contributed by atoms with Gasteiger partial charge in [-0.05, 0) is 18.6 Å². The summed E-state index contributed by atoms with van der Waals surface area (Å²) in [6.07, 6.45) is 1.89. The van der Waals surface area contributed by atoms with Crippen LogP contribution in [0.4, 0.5) is 0 Å². The predicted octanol–water partition coefficient (Wildman–Crippen LogP) is 3.54. The van der Waals surface area contributed by atoms with Crippen LogP contribution in [0, 0.1) is 0 Å². The number of carbonyl (C=O) groups excluding carboxylic acids is 2. The molecule has 0 radical (unpaired) electrons. The highest BCUT2D eigenvalue weighted by molar-refractivity contribution is 7.13. The average molecular weight is 353 g/mol. The number of hydrogen-bond donors (Lipinski definition) is 1. The third-order valence-corrected chi connectivity index (χ3v) is 4.10. The summed E-state index contributed by atoms with van der Waals surface area (Å²) in [7, 11) is 0. The minimum atomic E-state index is -0.611. The van der Waals surface area contributed by atoms with Gasteiger partial charge < -0.3 is 10.1 Å². The van der Waals surface area contributed by atoms with Crippen LogP contribution in [0.3, 0.4) is 0 Å². The Bertz CT molecular complexity index is 687. The number of halogens is 1. The molecule has 5 nitrogen and oxygen atoms in total. The van der Waals surface area contributed by atoms with Crippen LogP contribution in [0.2, 0.25) is 5.02 Å². The van der Waals surface area contributed by atoms with Gasteiger partial charge in [0.1, 0.15) is 5.01 Å². The average Bonchev–Trinajstić information content (AvgIpc) is 3.03.